The van der Waals surface area contributed by atoms with Gasteiger partial charge in [-0.3, -0.25) is 0 Å². The molecular weight excluding hydrogens is 372 g/mol. The Bertz CT molecular complexity index is 900. The van der Waals surface area contributed by atoms with Gasteiger partial charge in [-0.15, -0.1) is 11.3 Å². The Morgan fingerprint density at radius 2 is 1.84 bits per heavy atom. The number of rotatable bonds is 6. The summed E-state index contributed by atoms with van der Waals surface area (Å²) >= 11 is 1.19. The van der Waals surface area contributed by atoms with Gasteiger partial charge in [0.2, 0.25) is 10.0 Å². The van der Waals surface area contributed by atoms with Crippen molar-refractivity contribution in [3.8, 4) is 0 Å². The zero-order valence-corrected chi connectivity index (χ0v) is 14.3. The van der Waals surface area contributed by atoms with E-state index in [1.54, 1.807) is 23.6 Å². The van der Waals surface area contributed by atoms with Gasteiger partial charge < -0.3 is 9.52 Å². The smallest absolute Gasteiger partial charge is 0.246 e. The normalized spacial score (nSPS) is 14.4. The average Bonchev–Trinajstić information content (AvgIpc) is 3.26. The van der Waals surface area contributed by atoms with Crippen LogP contribution in [0, 0.1) is 11.6 Å². The van der Waals surface area contributed by atoms with Crippen LogP contribution in [0.1, 0.15) is 10.6 Å². The van der Waals surface area contributed by atoms with Gasteiger partial charge in [0, 0.05) is 4.88 Å². The fourth-order valence-corrected chi connectivity index (χ4v) is 4.36. The minimum atomic E-state index is -4.53. The molecule has 0 radical (unpaired) electrons. The molecular formula is C16H13F2NO4S2. The summed E-state index contributed by atoms with van der Waals surface area (Å²) in [7, 11) is -4.53. The predicted molar refractivity (Wildman–Crippen MR) is 87.6 cm³/mol. The van der Waals surface area contributed by atoms with Gasteiger partial charge in [-0.2, -0.15) is 0 Å². The van der Waals surface area contributed by atoms with Crippen molar-refractivity contribution in [1.82, 2.24) is 4.72 Å². The van der Waals surface area contributed by atoms with Gasteiger partial charge in [-0.25, -0.2) is 21.9 Å². The van der Waals surface area contributed by atoms with E-state index in [2.05, 4.69) is 4.72 Å². The second-order valence-corrected chi connectivity index (χ2v) is 7.84. The quantitative estimate of drug-likeness (QED) is 0.684. The number of aliphatic hydroxyl groups is 1. The number of nitrogens with one attached hydrogen (secondary N) is 1. The van der Waals surface area contributed by atoms with Crippen LogP contribution in [0.25, 0.3) is 0 Å². The fourth-order valence-electron chi connectivity index (χ4n) is 2.33. The Morgan fingerprint density at radius 1 is 1.12 bits per heavy atom. The summed E-state index contributed by atoms with van der Waals surface area (Å²) in [5, 5.41) is 12.7. The topological polar surface area (TPSA) is 79.5 Å². The monoisotopic (exact) mass is 385 g/mol. The molecule has 3 aromatic rings. The SMILES string of the molecule is O=S(=O)(NC[C@@](O)(c1ccco1)c1cccs1)c1c(F)cccc1F. The lowest BCUT2D eigenvalue weighted by Crippen LogP contribution is -2.41. The summed E-state index contributed by atoms with van der Waals surface area (Å²) in [5.74, 6) is -2.33. The van der Waals surface area contributed by atoms with Crippen molar-refractivity contribution >= 4 is 21.4 Å². The molecule has 0 fully saturated rings. The number of hydrogen-bond acceptors (Lipinski definition) is 5. The lowest BCUT2D eigenvalue weighted by atomic mass is 9.99. The Labute approximate surface area is 146 Å². The van der Waals surface area contributed by atoms with E-state index in [0.717, 1.165) is 18.2 Å². The van der Waals surface area contributed by atoms with Gasteiger partial charge in [-0.05, 0) is 35.7 Å². The molecule has 0 aliphatic carbocycles. The second kappa shape index (κ2) is 6.68. The highest BCUT2D eigenvalue weighted by Crippen LogP contribution is 2.33. The van der Waals surface area contributed by atoms with Crippen LogP contribution in [-0.2, 0) is 15.6 Å². The predicted octanol–water partition coefficient (Wildman–Crippen LogP) is 2.83. The molecule has 0 aliphatic heterocycles. The van der Waals surface area contributed by atoms with Crippen LogP contribution < -0.4 is 4.72 Å². The largest absolute Gasteiger partial charge is 0.466 e. The molecule has 0 aliphatic rings. The molecule has 2 aromatic heterocycles. The van der Waals surface area contributed by atoms with Gasteiger partial charge in [0.25, 0.3) is 0 Å². The molecule has 3 rings (SSSR count). The minimum absolute atomic E-state index is 0.103. The maximum atomic E-state index is 13.8. The van der Waals surface area contributed by atoms with Gasteiger partial charge in [0.1, 0.15) is 17.4 Å². The molecule has 132 valence electrons. The van der Waals surface area contributed by atoms with Gasteiger partial charge in [0.05, 0.1) is 12.8 Å². The van der Waals surface area contributed by atoms with E-state index in [-0.39, 0.29) is 5.76 Å². The van der Waals surface area contributed by atoms with E-state index >= 15 is 0 Å². The Kier molecular flexibility index (Phi) is 4.74. The first-order valence-electron chi connectivity index (χ1n) is 7.08. The summed E-state index contributed by atoms with van der Waals surface area (Å²) < 4.78 is 59.5. The molecule has 0 saturated heterocycles. The zero-order valence-electron chi connectivity index (χ0n) is 12.6. The molecule has 5 nitrogen and oxygen atoms in total. The number of hydrogen-bond donors (Lipinski definition) is 2. The Hall–Kier alpha value is -2.07. The summed E-state index contributed by atoms with van der Waals surface area (Å²) in [5.41, 5.74) is -1.81. The van der Waals surface area contributed by atoms with Crippen molar-refractivity contribution in [1.29, 1.82) is 0 Å². The molecule has 0 saturated carbocycles. The lowest BCUT2D eigenvalue weighted by Gasteiger charge is -2.25. The molecule has 0 amide bonds. The van der Waals surface area contributed by atoms with Gasteiger partial charge >= 0.3 is 0 Å². The third-order valence-electron chi connectivity index (χ3n) is 3.56. The van der Waals surface area contributed by atoms with E-state index < -0.39 is 38.7 Å². The van der Waals surface area contributed by atoms with Crippen LogP contribution in [0.3, 0.4) is 0 Å². The van der Waals surface area contributed by atoms with Crippen molar-refractivity contribution in [2.75, 3.05) is 6.54 Å². The Balaban J connectivity index is 1.95. The maximum Gasteiger partial charge on any atom is 0.246 e. The summed E-state index contributed by atoms with van der Waals surface area (Å²) in [6.07, 6.45) is 1.33. The summed E-state index contributed by atoms with van der Waals surface area (Å²) in [4.78, 5) is -0.679. The van der Waals surface area contributed by atoms with E-state index in [4.69, 9.17) is 4.42 Å². The number of furan rings is 1. The molecule has 25 heavy (non-hydrogen) atoms. The molecule has 0 spiro atoms. The molecule has 9 heteroatoms. The van der Waals surface area contributed by atoms with Gasteiger partial charge in [0.15, 0.2) is 10.5 Å². The van der Waals surface area contributed by atoms with Crippen LogP contribution in [0.2, 0.25) is 0 Å². The molecule has 2 heterocycles. The van der Waals surface area contributed by atoms with Crippen LogP contribution in [0.15, 0.2) is 63.4 Å². The van der Waals surface area contributed by atoms with Crippen molar-refractivity contribution in [2.45, 2.75) is 10.5 Å². The molecule has 0 bridgehead atoms. The van der Waals surface area contributed by atoms with Crippen molar-refractivity contribution < 1.29 is 26.7 Å². The highest BCUT2D eigenvalue weighted by molar-refractivity contribution is 7.89. The minimum Gasteiger partial charge on any atom is -0.466 e. The first-order chi connectivity index (χ1) is 11.8. The molecule has 0 unspecified atom stereocenters. The first-order valence-corrected chi connectivity index (χ1v) is 9.45. The van der Waals surface area contributed by atoms with Crippen LogP contribution in [0.4, 0.5) is 8.78 Å². The molecule has 1 atom stereocenters. The maximum absolute atomic E-state index is 13.8. The first kappa shape index (κ1) is 17.7. The highest BCUT2D eigenvalue weighted by atomic mass is 32.2. The van der Waals surface area contributed by atoms with Crippen molar-refractivity contribution in [2.24, 2.45) is 0 Å². The number of sulfonamides is 1. The third-order valence-corrected chi connectivity index (χ3v) is 6.04. The molecule has 1 aromatic carbocycles. The number of benzene rings is 1. The zero-order chi connectivity index (χ0) is 18.1. The molecule has 2 N–H and O–H groups in total. The second-order valence-electron chi connectivity index (χ2n) is 5.19. The van der Waals surface area contributed by atoms with Crippen molar-refractivity contribution in [3.05, 3.63) is 76.4 Å². The van der Waals surface area contributed by atoms with E-state index in [1.807, 2.05) is 0 Å². The number of halogens is 2. The van der Waals surface area contributed by atoms with E-state index in [9.17, 15) is 22.3 Å². The fraction of sp³-hybridized carbons (Fsp3) is 0.125. The third kappa shape index (κ3) is 3.36. The van der Waals surface area contributed by atoms with E-state index in [0.29, 0.717) is 4.88 Å². The lowest BCUT2D eigenvalue weighted by molar-refractivity contribution is 0.0655. The number of thiophene rings is 1. The Morgan fingerprint density at radius 3 is 2.40 bits per heavy atom. The standard InChI is InChI=1S/C16H13F2NO4S2/c17-11-4-1-5-12(18)15(11)25(21,22)19-10-16(20,13-6-2-8-23-13)14-7-3-9-24-14/h1-9,19-20H,10H2/t16-/m1/s1. The van der Waals surface area contributed by atoms with Crippen LogP contribution >= 0.6 is 11.3 Å². The highest BCUT2D eigenvalue weighted by Gasteiger charge is 2.38. The van der Waals surface area contributed by atoms with Crippen LogP contribution in [-0.4, -0.2) is 20.1 Å². The summed E-state index contributed by atoms with van der Waals surface area (Å²) in [6.45, 7) is -0.558. The average molecular weight is 385 g/mol. The van der Waals surface area contributed by atoms with E-state index in [1.165, 1.54) is 23.7 Å². The van der Waals surface area contributed by atoms with Crippen LogP contribution in [0.5, 0.6) is 0 Å². The van der Waals surface area contributed by atoms with Gasteiger partial charge in [-0.1, -0.05) is 12.1 Å². The summed E-state index contributed by atoms with van der Waals surface area (Å²) in [6, 6.07) is 9.06. The van der Waals surface area contributed by atoms with Crippen molar-refractivity contribution in [3.63, 3.8) is 0 Å².